The lowest BCUT2D eigenvalue weighted by Crippen LogP contribution is -2.02. The number of fused-ring (bicyclic) bond motifs is 1. The summed E-state index contributed by atoms with van der Waals surface area (Å²) in [6, 6.07) is 12.7. The van der Waals surface area contributed by atoms with Crippen LogP contribution in [-0.4, -0.2) is 23.8 Å². The van der Waals surface area contributed by atoms with Crippen LogP contribution < -0.4 is 10.1 Å². The Morgan fingerprint density at radius 2 is 1.73 bits per heavy atom. The largest absolute Gasteiger partial charge is 0.494 e. The smallest absolute Gasteiger partial charge is 0.120 e. The zero-order valence-corrected chi connectivity index (χ0v) is 16.0. The summed E-state index contributed by atoms with van der Waals surface area (Å²) in [7, 11) is 0. The lowest BCUT2D eigenvalue weighted by molar-refractivity contribution is 0.310. The highest BCUT2D eigenvalue weighted by atomic mass is 79.9. The van der Waals surface area contributed by atoms with Gasteiger partial charge in [-0.2, -0.15) is 0 Å². The molecule has 2 rings (SSSR count). The first kappa shape index (κ1) is 17.6. The molecule has 0 amide bonds. The van der Waals surface area contributed by atoms with E-state index in [4.69, 9.17) is 4.74 Å². The normalized spacial score (nSPS) is 10.8. The van der Waals surface area contributed by atoms with Gasteiger partial charge in [-0.15, -0.1) is 0 Å². The summed E-state index contributed by atoms with van der Waals surface area (Å²) in [5.74, 6) is 0.955. The number of rotatable bonds is 10. The van der Waals surface area contributed by atoms with Crippen LogP contribution in [0.1, 0.15) is 25.7 Å². The van der Waals surface area contributed by atoms with E-state index in [1.807, 2.05) is 0 Å². The highest BCUT2D eigenvalue weighted by Gasteiger charge is 2.03. The summed E-state index contributed by atoms with van der Waals surface area (Å²) in [6.07, 6.45) is 4.59. The van der Waals surface area contributed by atoms with Gasteiger partial charge < -0.3 is 10.1 Å². The monoisotopic (exact) mass is 427 g/mol. The van der Waals surface area contributed by atoms with Gasteiger partial charge in [-0.1, -0.05) is 50.1 Å². The van der Waals surface area contributed by atoms with Crippen LogP contribution in [0.15, 0.2) is 36.4 Å². The van der Waals surface area contributed by atoms with Crippen LogP contribution in [0.25, 0.3) is 10.8 Å². The van der Waals surface area contributed by atoms with Crippen LogP contribution >= 0.6 is 31.9 Å². The van der Waals surface area contributed by atoms with Crippen LogP contribution in [0, 0.1) is 0 Å². The van der Waals surface area contributed by atoms with Gasteiger partial charge in [0, 0.05) is 28.3 Å². The van der Waals surface area contributed by atoms with Crippen LogP contribution in [0.2, 0.25) is 0 Å². The summed E-state index contributed by atoms with van der Waals surface area (Å²) in [6.45, 7) is 1.78. The highest BCUT2D eigenvalue weighted by molar-refractivity contribution is 9.09. The molecule has 0 aliphatic rings. The fourth-order valence-electron chi connectivity index (χ4n) is 2.32. The minimum atomic E-state index is 0.776. The Kier molecular flexibility index (Phi) is 8.10. The third-order valence-corrected chi connectivity index (χ3v) is 4.65. The number of hydrogen-bond acceptors (Lipinski definition) is 2. The molecule has 120 valence electrons. The van der Waals surface area contributed by atoms with E-state index in [0.29, 0.717) is 0 Å². The molecule has 0 bridgehead atoms. The highest BCUT2D eigenvalue weighted by Crippen LogP contribution is 2.27. The summed E-state index contributed by atoms with van der Waals surface area (Å²) < 4.78 is 5.86. The zero-order valence-electron chi connectivity index (χ0n) is 12.8. The molecule has 0 saturated heterocycles. The van der Waals surface area contributed by atoms with E-state index >= 15 is 0 Å². The first-order chi connectivity index (χ1) is 10.8. The van der Waals surface area contributed by atoms with Crippen molar-refractivity contribution in [3.63, 3.8) is 0 Å². The fraction of sp³-hybridized carbons (Fsp3) is 0.444. The van der Waals surface area contributed by atoms with Crippen molar-refractivity contribution in [2.45, 2.75) is 25.7 Å². The number of ether oxygens (including phenoxy) is 1. The number of nitrogens with one attached hydrogen (secondary N) is 1. The predicted octanol–water partition coefficient (Wildman–Crippen LogP) is 5.98. The molecule has 0 aliphatic heterocycles. The SMILES string of the molecule is BrCCCCNc1cccc2ccc(OCCCCBr)cc12. The molecule has 0 aliphatic carbocycles. The molecule has 0 saturated carbocycles. The van der Waals surface area contributed by atoms with Crippen molar-refractivity contribution in [3.05, 3.63) is 36.4 Å². The van der Waals surface area contributed by atoms with E-state index < -0.39 is 0 Å². The predicted molar refractivity (Wildman–Crippen MR) is 104 cm³/mol. The lowest BCUT2D eigenvalue weighted by atomic mass is 10.1. The molecule has 1 N–H and O–H groups in total. The van der Waals surface area contributed by atoms with Gasteiger partial charge in [-0.25, -0.2) is 0 Å². The van der Waals surface area contributed by atoms with E-state index in [1.54, 1.807) is 0 Å². The van der Waals surface area contributed by atoms with E-state index in [-0.39, 0.29) is 0 Å². The number of anilines is 1. The third-order valence-electron chi connectivity index (χ3n) is 3.53. The quantitative estimate of drug-likeness (QED) is 0.371. The number of hydrogen-bond donors (Lipinski definition) is 1. The summed E-state index contributed by atoms with van der Waals surface area (Å²) in [5.41, 5.74) is 1.19. The number of unbranched alkanes of at least 4 members (excludes halogenated alkanes) is 2. The maximum absolute atomic E-state index is 5.86. The topological polar surface area (TPSA) is 21.3 Å². The maximum atomic E-state index is 5.86. The van der Waals surface area contributed by atoms with Gasteiger partial charge in [0.15, 0.2) is 0 Å². The maximum Gasteiger partial charge on any atom is 0.120 e. The molecular formula is C18H23Br2NO. The fourth-order valence-corrected chi connectivity index (χ4v) is 3.12. The van der Waals surface area contributed by atoms with E-state index in [2.05, 4.69) is 73.6 Å². The van der Waals surface area contributed by atoms with Crippen LogP contribution in [-0.2, 0) is 0 Å². The Morgan fingerprint density at radius 3 is 2.55 bits per heavy atom. The molecule has 0 fully saturated rings. The summed E-state index contributed by atoms with van der Waals surface area (Å²) >= 11 is 6.92. The average Bonchev–Trinajstić information content (AvgIpc) is 2.56. The van der Waals surface area contributed by atoms with Gasteiger partial charge in [0.1, 0.15) is 5.75 Å². The minimum Gasteiger partial charge on any atom is -0.494 e. The van der Waals surface area contributed by atoms with Crippen LogP contribution in [0.5, 0.6) is 5.75 Å². The van der Waals surface area contributed by atoms with Crippen LogP contribution in [0.4, 0.5) is 5.69 Å². The number of halogens is 2. The van der Waals surface area contributed by atoms with Gasteiger partial charge in [0.2, 0.25) is 0 Å². The number of benzene rings is 2. The van der Waals surface area contributed by atoms with Gasteiger partial charge in [-0.3, -0.25) is 0 Å². The van der Waals surface area contributed by atoms with Crippen LogP contribution in [0.3, 0.4) is 0 Å². The van der Waals surface area contributed by atoms with Crippen molar-refractivity contribution in [1.29, 1.82) is 0 Å². The van der Waals surface area contributed by atoms with E-state index in [9.17, 15) is 0 Å². The van der Waals surface area contributed by atoms with Gasteiger partial charge in [0.05, 0.1) is 6.61 Å². The van der Waals surface area contributed by atoms with Crippen molar-refractivity contribution < 1.29 is 4.74 Å². The third kappa shape index (κ3) is 5.47. The molecule has 2 aromatic carbocycles. The first-order valence-corrected chi connectivity index (χ1v) is 10.1. The Bertz CT molecular complexity index is 574. The van der Waals surface area contributed by atoms with Gasteiger partial charge in [-0.05, 0) is 49.3 Å². The molecule has 0 aromatic heterocycles. The second-order valence-electron chi connectivity index (χ2n) is 5.26. The molecule has 2 aromatic rings. The summed E-state index contributed by atoms with van der Waals surface area (Å²) in [5, 5.41) is 8.13. The first-order valence-electron chi connectivity index (χ1n) is 7.86. The van der Waals surface area contributed by atoms with Crippen molar-refractivity contribution in [3.8, 4) is 5.75 Å². The number of alkyl halides is 2. The lowest BCUT2D eigenvalue weighted by Gasteiger charge is -2.12. The van der Waals surface area contributed by atoms with E-state index in [1.165, 1.54) is 29.3 Å². The van der Waals surface area contributed by atoms with Crippen molar-refractivity contribution >= 4 is 48.3 Å². The molecule has 0 atom stereocenters. The van der Waals surface area contributed by atoms with Crippen molar-refractivity contribution in [2.24, 2.45) is 0 Å². The van der Waals surface area contributed by atoms with Gasteiger partial charge >= 0.3 is 0 Å². The Labute approximate surface area is 149 Å². The Balaban J connectivity index is 2.04. The molecule has 4 heteroatoms. The molecule has 22 heavy (non-hydrogen) atoms. The molecule has 0 spiro atoms. The minimum absolute atomic E-state index is 0.776. The molecular weight excluding hydrogens is 406 g/mol. The summed E-state index contributed by atoms with van der Waals surface area (Å²) in [4.78, 5) is 0. The second kappa shape index (κ2) is 10.1. The Hall–Kier alpha value is -0.740. The molecule has 0 radical (unpaired) electrons. The molecule has 2 nitrogen and oxygen atoms in total. The Morgan fingerprint density at radius 1 is 0.909 bits per heavy atom. The second-order valence-corrected chi connectivity index (χ2v) is 6.84. The zero-order chi connectivity index (χ0) is 15.6. The van der Waals surface area contributed by atoms with Gasteiger partial charge in [0.25, 0.3) is 0 Å². The molecule has 0 heterocycles. The average molecular weight is 429 g/mol. The van der Waals surface area contributed by atoms with Crippen molar-refractivity contribution in [1.82, 2.24) is 0 Å². The van der Waals surface area contributed by atoms with Crippen molar-refractivity contribution in [2.75, 3.05) is 29.1 Å². The molecule has 0 unspecified atom stereocenters. The van der Waals surface area contributed by atoms with E-state index in [0.717, 1.165) is 42.4 Å². The standard InChI is InChI=1S/C18H23Br2NO/c19-10-1-3-12-21-18-7-5-6-15-8-9-16(14-17(15)18)22-13-4-2-11-20/h5-9,14,21H,1-4,10-13H2.